The molecule has 0 saturated heterocycles. The molecule has 0 aliphatic rings. The van der Waals surface area contributed by atoms with Gasteiger partial charge in [-0.05, 0) is 18.9 Å². The van der Waals surface area contributed by atoms with Gasteiger partial charge in [0.2, 0.25) is 0 Å². The predicted octanol–water partition coefficient (Wildman–Crippen LogP) is 3.82. The second kappa shape index (κ2) is 5.70. The average molecular weight is 244 g/mol. The van der Waals surface area contributed by atoms with Gasteiger partial charge in [0.15, 0.2) is 5.75 Å². The zero-order valence-corrected chi connectivity index (χ0v) is 10.0. The summed E-state index contributed by atoms with van der Waals surface area (Å²) in [6, 6.07) is 4.33. The molecule has 0 saturated carbocycles. The molecular weight excluding hydrogens is 230 g/mol. The van der Waals surface area contributed by atoms with Crippen molar-refractivity contribution in [1.82, 2.24) is 0 Å². The Morgan fingerprint density at radius 3 is 2.56 bits per heavy atom. The third-order valence-electron chi connectivity index (χ3n) is 2.32. The largest absolute Gasteiger partial charge is 0.483 e. The van der Waals surface area contributed by atoms with Gasteiger partial charge in [0, 0.05) is 17.2 Å². The van der Waals surface area contributed by atoms with Gasteiger partial charge < -0.3 is 4.74 Å². The Balaban J connectivity index is 3.00. The Morgan fingerprint density at radius 2 is 2.06 bits per heavy atom. The van der Waals surface area contributed by atoms with E-state index < -0.39 is 4.92 Å². The van der Waals surface area contributed by atoms with Crippen molar-refractivity contribution >= 4 is 17.3 Å². The topological polar surface area (TPSA) is 52.4 Å². The minimum absolute atomic E-state index is 0.0165. The Labute approximate surface area is 99.3 Å². The van der Waals surface area contributed by atoms with Gasteiger partial charge in [0.05, 0.1) is 11.0 Å². The van der Waals surface area contributed by atoms with Crippen molar-refractivity contribution in [2.75, 3.05) is 0 Å². The Bertz CT molecular complexity index is 377. The van der Waals surface area contributed by atoms with Crippen LogP contribution in [0.2, 0.25) is 5.02 Å². The van der Waals surface area contributed by atoms with Crippen molar-refractivity contribution in [2.45, 2.75) is 32.8 Å². The van der Waals surface area contributed by atoms with Gasteiger partial charge in [-0.1, -0.05) is 25.4 Å². The lowest BCUT2D eigenvalue weighted by Crippen LogP contribution is -2.14. The summed E-state index contributed by atoms with van der Waals surface area (Å²) in [5.74, 6) is 0.242. The van der Waals surface area contributed by atoms with Crippen LogP contribution in [0.1, 0.15) is 26.7 Å². The standard InChI is InChI=1S/C11H14ClNO3/c1-3-9(4-2)16-11-7-8(12)5-6-10(11)13(14)15/h5-7,9H,3-4H2,1-2H3. The Morgan fingerprint density at radius 1 is 1.44 bits per heavy atom. The summed E-state index contributed by atoms with van der Waals surface area (Å²) in [7, 11) is 0. The molecule has 0 unspecified atom stereocenters. The molecule has 5 heteroatoms. The summed E-state index contributed by atoms with van der Waals surface area (Å²) < 4.78 is 5.56. The lowest BCUT2D eigenvalue weighted by Gasteiger charge is -2.15. The minimum atomic E-state index is -0.464. The summed E-state index contributed by atoms with van der Waals surface area (Å²) in [4.78, 5) is 10.3. The number of nitro groups is 1. The number of hydrogen-bond acceptors (Lipinski definition) is 3. The van der Waals surface area contributed by atoms with Gasteiger partial charge >= 0.3 is 5.69 Å². The molecule has 1 aromatic carbocycles. The number of hydrogen-bond donors (Lipinski definition) is 0. The van der Waals surface area contributed by atoms with E-state index in [9.17, 15) is 10.1 Å². The molecule has 0 fully saturated rings. The maximum absolute atomic E-state index is 10.8. The highest BCUT2D eigenvalue weighted by atomic mass is 35.5. The van der Waals surface area contributed by atoms with E-state index in [0.717, 1.165) is 12.8 Å². The van der Waals surface area contributed by atoms with Crippen molar-refractivity contribution < 1.29 is 9.66 Å². The van der Waals surface area contributed by atoms with Gasteiger partial charge in [-0.15, -0.1) is 0 Å². The van der Waals surface area contributed by atoms with E-state index in [2.05, 4.69) is 0 Å². The van der Waals surface area contributed by atoms with Crippen molar-refractivity contribution in [2.24, 2.45) is 0 Å². The smallest absolute Gasteiger partial charge is 0.311 e. The molecule has 0 spiro atoms. The first-order chi connectivity index (χ1) is 7.58. The average Bonchev–Trinajstić information content (AvgIpc) is 2.25. The van der Waals surface area contributed by atoms with Crippen molar-refractivity contribution in [3.63, 3.8) is 0 Å². The number of nitrogens with zero attached hydrogens (tertiary/aromatic N) is 1. The maximum Gasteiger partial charge on any atom is 0.311 e. The fourth-order valence-electron chi connectivity index (χ4n) is 1.37. The molecule has 0 amide bonds. The highest BCUT2D eigenvalue weighted by Crippen LogP contribution is 2.31. The zero-order chi connectivity index (χ0) is 12.1. The van der Waals surface area contributed by atoms with Crippen molar-refractivity contribution in [1.29, 1.82) is 0 Å². The van der Waals surface area contributed by atoms with E-state index in [1.54, 1.807) is 0 Å². The Hall–Kier alpha value is -1.29. The minimum Gasteiger partial charge on any atom is -0.483 e. The molecule has 0 N–H and O–H groups in total. The molecule has 4 nitrogen and oxygen atoms in total. The lowest BCUT2D eigenvalue weighted by atomic mass is 10.2. The molecule has 1 aromatic rings. The van der Waals surface area contributed by atoms with Crippen molar-refractivity contribution in [3.05, 3.63) is 33.3 Å². The van der Waals surface area contributed by atoms with Gasteiger partial charge in [-0.2, -0.15) is 0 Å². The molecule has 0 bridgehead atoms. The van der Waals surface area contributed by atoms with E-state index >= 15 is 0 Å². The van der Waals surface area contributed by atoms with E-state index in [-0.39, 0.29) is 17.5 Å². The molecule has 1 rings (SSSR count). The molecule has 0 heterocycles. The normalized spacial score (nSPS) is 10.5. The van der Waals surface area contributed by atoms with Gasteiger partial charge in [0.25, 0.3) is 0 Å². The maximum atomic E-state index is 10.8. The summed E-state index contributed by atoms with van der Waals surface area (Å²) in [6.07, 6.45) is 1.59. The number of halogens is 1. The second-order valence-corrected chi connectivity index (χ2v) is 3.86. The molecule has 16 heavy (non-hydrogen) atoms. The van der Waals surface area contributed by atoms with E-state index in [4.69, 9.17) is 16.3 Å². The van der Waals surface area contributed by atoms with E-state index in [0.29, 0.717) is 5.02 Å². The first-order valence-electron chi connectivity index (χ1n) is 5.19. The Kier molecular flexibility index (Phi) is 4.55. The van der Waals surface area contributed by atoms with Crippen LogP contribution in [0, 0.1) is 10.1 Å². The highest BCUT2D eigenvalue weighted by molar-refractivity contribution is 6.30. The zero-order valence-electron chi connectivity index (χ0n) is 9.27. The monoisotopic (exact) mass is 243 g/mol. The van der Waals surface area contributed by atoms with Gasteiger partial charge in [-0.25, -0.2) is 0 Å². The van der Waals surface area contributed by atoms with Crippen LogP contribution in [0.25, 0.3) is 0 Å². The van der Waals surface area contributed by atoms with Crippen LogP contribution >= 0.6 is 11.6 Å². The molecule has 0 atom stereocenters. The van der Waals surface area contributed by atoms with Crippen LogP contribution in [-0.2, 0) is 0 Å². The fraction of sp³-hybridized carbons (Fsp3) is 0.455. The van der Waals surface area contributed by atoms with Crippen LogP contribution in [0.15, 0.2) is 18.2 Å². The third kappa shape index (κ3) is 3.10. The van der Waals surface area contributed by atoms with Crippen LogP contribution in [0.5, 0.6) is 5.75 Å². The van der Waals surface area contributed by atoms with Gasteiger partial charge in [0.1, 0.15) is 0 Å². The van der Waals surface area contributed by atoms with Crippen LogP contribution in [0.4, 0.5) is 5.69 Å². The van der Waals surface area contributed by atoms with Crippen molar-refractivity contribution in [3.8, 4) is 5.75 Å². The lowest BCUT2D eigenvalue weighted by molar-refractivity contribution is -0.386. The quantitative estimate of drug-likeness (QED) is 0.584. The summed E-state index contributed by atoms with van der Waals surface area (Å²) >= 11 is 5.79. The third-order valence-corrected chi connectivity index (χ3v) is 2.56. The summed E-state index contributed by atoms with van der Waals surface area (Å²) in [5.41, 5.74) is -0.0451. The molecule has 0 aliphatic heterocycles. The fourth-order valence-corrected chi connectivity index (χ4v) is 1.53. The number of benzene rings is 1. The highest BCUT2D eigenvalue weighted by Gasteiger charge is 2.17. The number of ether oxygens (including phenoxy) is 1. The number of nitro benzene ring substituents is 1. The van der Waals surface area contributed by atoms with E-state index in [1.165, 1.54) is 18.2 Å². The molecule has 88 valence electrons. The molecule has 0 aliphatic carbocycles. The number of rotatable bonds is 5. The summed E-state index contributed by atoms with van der Waals surface area (Å²) in [5, 5.41) is 11.2. The first kappa shape index (κ1) is 12.8. The second-order valence-electron chi connectivity index (χ2n) is 3.43. The van der Waals surface area contributed by atoms with Crippen LogP contribution < -0.4 is 4.74 Å². The summed E-state index contributed by atoms with van der Waals surface area (Å²) in [6.45, 7) is 3.95. The van der Waals surface area contributed by atoms with Gasteiger partial charge in [-0.3, -0.25) is 10.1 Å². The van der Waals surface area contributed by atoms with E-state index in [1.807, 2.05) is 13.8 Å². The molecular formula is C11H14ClNO3. The predicted molar refractivity (Wildman–Crippen MR) is 63.1 cm³/mol. The molecule has 0 aromatic heterocycles. The first-order valence-corrected chi connectivity index (χ1v) is 5.56. The van der Waals surface area contributed by atoms with Crippen LogP contribution in [-0.4, -0.2) is 11.0 Å². The molecule has 0 radical (unpaired) electrons. The SMILES string of the molecule is CCC(CC)Oc1cc(Cl)ccc1[N+](=O)[O-]. The van der Waals surface area contributed by atoms with Crippen LogP contribution in [0.3, 0.4) is 0 Å².